The van der Waals surface area contributed by atoms with Crippen molar-refractivity contribution >= 4 is 40.1 Å². The molecule has 192 valence electrons. The van der Waals surface area contributed by atoms with E-state index in [9.17, 15) is 0 Å². The Morgan fingerprint density at radius 2 is 0.943 bits per heavy atom. The van der Waals surface area contributed by atoms with Gasteiger partial charge in [0.1, 0.15) is 15.9 Å². The molecule has 3 rings (SSSR count). The molecule has 0 atom stereocenters. The van der Waals surface area contributed by atoms with Crippen LogP contribution in [0.4, 0.5) is 0 Å². The molecule has 0 saturated carbocycles. The fourth-order valence-electron chi connectivity index (χ4n) is 3.50. The summed E-state index contributed by atoms with van der Waals surface area (Å²) < 4.78 is 0. The Balaban J connectivity index is 0.000000352. The zero-order chi connectivity index (χ0) is 25.4. The van der Waals surface area contributed by atoms with Crippen LogP contribution in [-0.2, 0) is 17.1 Å². The average Bonchev–Trinajstić information content (AvgIpc) is 2.74. The number of rotatable bonds is 6. The maximum atomic E-state index is 5.00. The van der Waals surface area contributed by atoms with E-state index in [1.165, 1.54) is 21.6 Å². The van der Waals surface area contributed by atoms with Crippen molar-refractivity contribution in [1.29, 1.82) is 0 Å². The second-order valence-electron chi connectivity index (χ2n) is 11.9. The predicted molar refractivity (Wildman–Crippen MR) is 164 cm³/mol. The molecule has 5 heteroatoms. The van der Waals surface area contributed by atoms with Crippen molar-refractivity contribution in [1.82, 2.24) is 0 Å². The number of hydrogen-bond donors (Lipinski definition) is 0. The van der Waals surface area contributed by atoms with Gasteiger partial charge in [0.05, 0.1) is 16.0 Å². The van der Waals surface area contributed by atoms with Gasteiger partial charge in [-0.15, -0.1) is 5.70 Å². The van der Waals surface area contributed by atoms with E-state index in [2.05, 4.69) is 157 Å². The third kappa shape index (κ3) is 11.9. The van der Waals surface area contributed by atoms with E-state index in [1.54, 1.807) is 0 Å². The maximum Gasteiger partial charge on any atom is 1.00 e. The van der Waals surface area contributed by atoms with Crippen molar-refractivity contribution in [2.24, 2.45) is 5.41 Å². The molecule has 0 spiro atoms. The topological polar surface area (TPSA) is 14.1 Å². The Morgan fingerprint density at radius 3 is 1.17 bits per heavy atom. The molecule has 0 fully saturated rings. The summed E-state index contributed by atoms with van der Waals surface area (Å²) in [5.74, 6) is 0. The van der Waals surface area contributed by atoms with Gasteiger partial charge >= 0.3 is 17.1 Å². The molecule has 0 unspecified atom stereocenters. The van der Waals surface area contributed by atoms with Gasteiger partial charge < -0.3 is 4.98 Å². The molecule has 0 radical (unpaired) electrons. The fraction of sp³-hybridized carbons (Fsp3) is 0.333. The first-order valence-electron chi connectivity index (χ1n) is 12.3. The Hall–Kier alpha value is -1.42. The second kappa shape index (κ2) is 13.8. The first-order chi connectivity index (χ1) is 15.8. The number of hydrogen-bond acceptors (Lipinski definition) is 0. The van der Waals surface area contributed by atoms with Gasteiger partial charge in [0.15, 0.2) is 0 Å². The van der Waals surface area contributed by atoms with Gasteiger partial charge in [-0.3, -0.25) is 0 Å². The minimum atomic E-state index is -1.35. The van der Waals surface area contributed by atoms with Crippen molar-refractivity contribution in [3.8, 4) is 0 Å². The smallest absolute Gasteiger partial charge is 0.691 e. The zero-order valence-corrected chi connectivity index (χ0v) is 26.9. The minimum absolute atomic E-state index is 0. The first-order valence-corrected chi connectivity index (χ1v) is 20.8. The number of nitrogens with zero attached hydrogens (tertiary/aromatic N) is 1. The van der Waals surface area contributed by atoms with Crippen LogP contribution in [0.1, 0.15) is 20.8 Å². The maximum absolute atomic E-state index is 5.00. The molecule has 0 heterocycles. The summed E-state index contributed by atoms with van der Waals surface area (Å²) in [7, 11) is -3.39. The summed E-state index contributed by atoms with van der Waals surface area (Å²) >= 11 is 0. The standard InChI is InChI=1S/C18H15P.C12H28NSi2.Cu/c1-4-10-16(11-5-1)19(17-12-6-2-7-13-17)18-14-8-3-9-15-18;1-12(2,3)11(10-14(4,5)6)13-15(7,8)9;/h1-15H;10H,1-9H3;/q;-1;+1/p+1/b;11-10-;. The van der Waals surface area contributed by atoms with Gasteiger partial charge in [-0.2, -0.15) is 5.70 Å². The van der Waals surface area contributed by atoms with Crippen molar-refractivity contribution in [2.45, 2.75) is 60.1 Å². The van der Waals surface area contributed by atoms with E-state index in [0.717, 1.165) is 0 Å². The summed E-state index contributed by atoms with van der Waals surface area (Å²) in [4.78, 5) is 5.00. The normalized spacial score (nSPS) is 12.3. The van der Waals surface area contributed by atoms with Crippen LogP contribution in [0, 0.1) is 5.41 Å². The van der Waals surface area contributed by atoms with Crippen LogP contribution in [0.15, 0.2) is 102 Å². The molecule has 0 aromatic heterocycles. The Labute approximate surface area is 229 Å². The van der Waals surface area contributed by atoms with Crippen LogP contribution in [0.2, 0.25) is 39.3 Å². The average molecular weight is 569 g/mol. The molecule has 0 aliphatic carbocycles. The van der Waals surface area contributed by atoms with Gasteiger partial charge in [0.2, 0.25) is 0 Å². The molecule has 3 aromatic rings. The number of benzene rings is 3. The molecular weight excluding hydrogens is 525 g/mol. The Morgan fingerprint density at radius 1 is 0.629 bits per heavy atom. The molecule has 0 bridgehead atoms. The van der Waals surface area contributed by atoms with E-state index in [0.29, 0.717) is 0 Å². The molecule has 0 saturated heterocycles. The van der Waals surface area contributed by atoms with E-state index >= 15 is 0 Å². The summed E-state index contributed by atoms with van der Waals surface area (Å²) in [6.45, 7) is 20.8. The van der Waals surface area contributed by atoms with Crippen LogP contribution >= 0.6 is 7.92 Å². The summed E-state index contributed by atoms with van der Waals surface area (Å²) in [6, 6.07) is 32.5. The van der Waals surface area contributed by atoms with Crippen molar-refractivity contribution in [2.75, 3.05) is 0 Å². The van der Waals surface area contributed by atoms with Crippen molar-refractivity contribution in [3.05, 3.63) is 107 Å². The van der Waals surface area contributed by atoms with Crippen LogP contribution in [0.25, 0.3) is 4.98 Å². The van der Waals surface area contributed by atoms with Gasteiger partial charge in [-0.1, -0.05) is 115 Å². The van der Waals surface area contributed by atoms with Gasteiger partial charge in [-0.05, 0) is 50.0 Å². The molecular formula is C30H44CuNPSi2+. The quantitative estimate of drug-likeness (QED) is 0.210. The molecule has 3 aromatic carbocycles. The fourth-order valence-corrected chi connectivity index (χ4v) is 8.65. The second-order valence-corrected chi connectivity index (χ2v) is 24.0. The molecule has 1 nitrogen and oxygen atoms in total. The van der Waals surface area contributed by atoms with E-state index in [1.807, 2.05) is 0 Å². The van der Waals surface area contributed by atoms with E-state index < -0.39 is 24.2 Å². The van der Waals surface area contributed by atoms with Crippen LogP contribution in [0.5, 0.6) is 0 Å². The van der Waals surface area contributed by atoms with Gasteiger partial charge in [0.25, 0.3) is 0 Å². The Bertz CT molecular complexity index is 925. The van der Waals surface area contributed by atoms with Crippen LogP contribution in [-0.4, -0.2) is 16.3 Å². The van der Waals surface area contributed by atoms with Crippen molar-refractivity contribution < 1.29 is 17.1 Å². The largest absolute Gasteiger partial charge is 1.00 e. The molecule has 35 heavy (non-hydrogen) atoms. The van der Waals surface area contributed by atoms with Crippen molar-refractivity contribution in [3.63, 3.8) is 0 Å². The first kappa shape index (κ1) is 31.6. The molecule has 0 aliphatic rings. The summed E-state index contributed by atoms with van der Waals surface area (Å²) in [5, 5.41) is 4.31. The van der Waals surface area contributed by atoms with Gasteiger partial charge in [-0.25, -0.2) is 0 Å². The monoisotopic (exact) mass is 568 g/mol. The third-order valence-corrected chi connectivity index (χ3v) is 9.76. The SMILES string of the molecule is CC(C)(C)/C(=C/[Si](C)(C)C)[N-][Si](C)(C)C.[Cu+].c1ccc([PH+](c2ccccc2)c2ccccc2)cc1. The zero-order valence-electron chi connectivity index (χ0n) is 23.0. The van der Waals surface area contributed by atoms with E-state index in [4.69, 9.17) is 4.98 Å². The molecule has 0 N–H and O–H groups in total. The molecule has 0 aliphatic heterocycles. The van der Waals surface area contributed by atoms with Crippen LogP contribution < -0.4 is 15.9 Å². The third-order valence-electron chi connectivity index (χ3n) is 4.98. The van der Waals surface area contributed by atoms with E-state index in [-0.39, 0.29) is 22.5 Å². The molecule has 0 amide bonds. The summed E-state index contributed by atoms with van der Waals surface area (Å²) in [5.41, 5.74) is 3.99. The number of allylic oxidation sites excluding steroid dienone is 1. The minimum Gasteiger partial charge on any atom is -0.691 e. The predicted octanol–water partition coefficient (Wildman–Crippen LogP) is 8.18. The Kier molecular flexibility index (Phi) is 12.4. The summed E-state index contributed by atoms with van der Waals surface area (Å²) in [6.07, 6.45) is 0. The van der Waals surface area contributed by atoms with Crippen LogP contribution in [0.3, 0.4) is 0 Å². The van der Waals surface area contributed by atoms with Gasteiger partial charge in [0, 0.05) is 0 Å².